The first kappa shape index (κ1) is 20.3. The monoisotopic (exact) mass is 372 g/mol. The van der Waals surface area contributed by atoms with Crippen LogP contribution in [0, 0.1) is 6.92 Å². The van der Waals surface area contributed by atoms with Crippen molar-refractivity contribution in [2.75, 3.05) is 6.54 Å². The zero-order chi connectivity index (χ0) is 19.0. The number of amides is 1. The van der Waals surface area contributed by atoms with Crippen LogP contribution in [0.25, 0.3) is 17.3 Å². The largest absolute Gasteiger partial charge is 0.360 e. The van der Waals surface area contributed by atoms with Gasteiger partial charge in [0.1, 0.15) is 11.5 Å². The Morgan fingerprint density at radius 3 is 2.65 bits per heavy atom. The van der Waals surface area contributed by atoms with Crippen LogP contribution < -0.4 is 5.32 Å². The van der Waals surface area contributed by atoms with Crippen molar-refractivity contribution < 1.29 is 9.32 Å². The van der Waals surface area contributed by atoms with Gasteiger partial charge in [-0.15, -0.1) is 0 Å². The molecule has 0 bridgehead atoms. The van der Waals surface area contributed by atoms with Crippen LogP contribution in [-0.2, 0) is 4.79 Å². The van der Waals surface area contributed by atoms with Gasteiger partial charge in [0.25, 0.3) is 0 Å². The molecule has 1 amide bonds. The first-order valence-electron chi connectivity index (χ1n) is 9.08. The second-order valence-corrected chi connectivity index (χ2v) is 8.05. The molecule has 140 valence electrons. The Balaban J connectivity index is 1.75. The molecule has 1 aromatic carbocycles. The summed E-state index contributed by atoms with van der Waals surface area (Å²) < 4.78 is 4.75. The molecule has 0 saturated carbocycles. The van der Waals surface area contributed by atoms with Gasteiger partial charge in [-0.2, -0.15) is 12.6 Å². The minimum atomic E-state index is -0.615. The molecule has 1 aromatic heterocycles. The van der Waals surface area contributed by atoms with Crippen LogP contribution in [-0.4, -0.2) is 22.4 Å². The molecular weight excluding hydrogens is 344 g/mol. The highest BCUT2D eigenvalue weighted by Gasteiger charge is 2.21. The number of aromatic nitrogens is 1. The zero-order valence-corrected chi connectivity index (χ0v) is 16.7. The Hall–Kier alpha value is -2.01. The van der Waals surface area contributed by atoms with E-state index in [1.807, 2.05) is 37.3 Å². The third-order valence-corrected chi connectivity index (χ3v) is 4.33. The summed E-state index contributed by atoms with van der Waals surface area (Å²) in [6, 6.07) is 10.1. The van der Waals surface area contributed by atoms with E-state index in [1.54, 1.807) is 13.8 Å². The molecule has 0 aliphatic heterocycles. The van der Waals surface area contributed by atoms with Crippen molar-refractivity contribution >= 4 is 24.6 Å². The smallest absolute Gasteiger partial charge is 0.235 e. The van der Waals surface area contributed by atoms with E-state index in [4.69, 9.17) is 4.52 Å². The fourth-order valence-electron chi connectivity index (χ4n) is 2.56. The summed E-state index contributed by atoms with van der Waals surface area (Å²) in [6.07, 6.45) is 8.39. The molecule has 1 N–H and O–H groups in total. The van der Waals surface area contributed by atoms with E-state index < -0.39 is 4.75 Å². The van der Waals surface area contributed by atoms with Gasteiger partial charge in [-0.3, -0.25) is 4.79 Å². The Morgan fingerprint density at radius 2 is 1.96 bits per heavy atom. The number of allylic oxidation sites excluding steroid dienone is 1. The number of hydrogen-bond acceptors (Lipinski definition) is 4. The number of nitrogens with one attached hydrogen (secondary N) is 1. The van der Waals surface area contributed by atoms with Gasteiger partial charge in [-0.1, -0.05) is 54.1 Å². The number of carbonyl (C=O) groups excluding carboxylic acids is 1. The predicted octanol–water partition coefficient (Wildman–Crippen LogP) is 5.05. The van der Waals surface area contributed by atoms with Gasteiger partial charge in [0.05, 0.1) is 4.75 Å². The highest BCUT2D eigenvalue weighted by atomic mass is 32.1. The quantitative estimate of drug-likeness (QED) is 0.478. The number of carbonyl (C=O) groups is 1. The SMILES string of the molecule is Cc1onc(-c2ccccc2)c1C=CCCCCCNC(=O)C(C)(C)S. The number of aryl methyl sites for hydroxylation is 1. The number of unbranched alkanes of at least 4 members (excludes halogenated alkanes) is 3. The summed E-state index contributed by atoms with van der Waals surface area (Å²) in [4.78, 5) is 11.7. The van der Waals surface area contributed by atoms with Gasteiger partial charge >= 0.3 is 0 Å². The third kappa shape index (κ3) is 6.06. The normalized spacial score (nSPS) is 11.8. The molecule has 5 heteroatoms. The van der Waals surface area contributed by atoms with E-state index in [0.29, 0.717) is 6.54 Å². The number of rotatable bonds is 9. The molecular formula is C21H28N2O2S. The average Bonchev–Trinajstić information content (AvgIpc) is 2.97. The Morgan fingerprint density at radius 1 is 1.23 bits per heavy atom. The lowest BCUT2D eigenvalue weighted by atomic mass is 10.1. The molecule has 0 spiro atoms. The lowest BCUT2D eigenvalue weighted by Gasteiger charge is -2.16. The van der Waals surface area contributed by atoms with Crippen LogP contribution in [0.15, 0.2) is 40.9 Å². The Bertz CT molecular complexity index is 730. The Kier molecular flexibility index (Phi) is 7.51. The molecule has 0 radical (unpaired) electrons. The van der Waals surface area contributed by atoms with E-state index in [1.165, 1.54) is 0 Å². The molecule has 2 rings (SSSR count). The fraction of sp³-hybridized carbons (Fsp3) is 0.429. The number of nitrogens with zero attached hydrogens (tertiary/aromatic N) is 1. The number of thiol groups is 1. The highest BCUT2D eigenvalue weighted by molar-refractivity contribution is 7.82. The third-order valence-electron chi connectivity index (χ3n) is 4.13. The van der Waals surface area contributed by atoms with E-state index >= 15 is 0 Å². The van der Waals surface area contributed by atoms with Crippen molar-refractivity contribution in [1.29, 1.82) is 0 Å². The highest BCUT2D eigenvalue weighted by Crippen LogP contribution is 2.26. The second kappa shape index (κ2) is 9.62. The van der Waals surface area contributed by atoms with E-state index in [0.717, 1.165) is 48.3 Å². The maximum atomic E-state index is 11.7. The molecule has 1 heterocycles. The van der Waals surface area contributed by atoms with Gasteiger partial charge < -0.3 is 9.84 Å². The predicted molar refractivity (Wildman–Crippen MR) is 110 cm³/mol. The van der Waals surface area contributed by atoms with Crippen LogP contribution in [0.1, 0.15) is 50.9 Å². The maximum Gasteiger partial charge on any atom is 0.235 e. The topological polar surface area (TPSA) is 55.1 Å². The summed E-state index contributed by atoms with van der Waals surface area (Å²) in [5, 5.41) is 7.10. The van der Waals surface area contributed by atoms with Crippen LogP contribution >= 0.6 is 12.6 Å². The lowest BCUT2D eigenvalue weighted by molar-refractivity contribution is -0.122. The second-order valence-electron chi connectivity index (χ2n) is 6.93. The lowest BCUT2D eigenvalue weighted by Crippen LogP contribution is -2.38. The van der Waals surface area contributed by atoms with E-state index in [2.05, 4.69) is 35.3 Å². The summed E-state index contributed by atoms with van der Waals surface area (Å²) in [6.45, 7) is 6.24. The first-order valence-corrected chi connectivity index (χ1v) is 9.53. The van der Waals surface area contributed by atoms with Crippen molar-refractivity contribution in [3.63, 3.8) is 0 Å². The van der Waals surface area contributed by atoms with Crippen molar-refractivity contribution in [2.24, 2.45) is 0 Å². The van der Waals surface area contributed by atoms with Crippen LogP contribution in [0.2, 0.25) is 0 Å². The van der Waals surface area contributed by atoms with Crippen LogP contribution in [0.4, 0.5) is 0 Å². The van der Waals surface area contributed by atoms with Crippen molar-refractivity contribution in [1.82, 2.24) is 10.5 Å². The molecule has 4 nitrogen and oxygen atoms in total. The van der Waals surface area contributed by atoms with Crippen molar-refractivity contribution in [2.45, 2.75) is 51.2 Å². The molecule has 0 saturated heterocycles. The van der Waals surface area contributed by atoms with Gasteiger partial charge in [-0.05, 0) is 40.0 Å². The summed E-state index contributed by atoms with van der Waals surface area (Å²) >= 11 is 4.26. The summed E-state index contributed by atoms with van der Waals surface area (Å²) in [5.74, 6) is 0.814. The minimum absolute atomic E-state index is 0.0166. The Labute approximate surface area is 161 Å². The van der Waals surface area contributed by atoms with Gasteiger partial charge in [0.2, 0.25) is 5.91 Å². The maximum absolute atomic E-state index is 11.7. The molecule has 0 aliphatic carbocycles. The number of benzene rings is 1. The summed E-state index contributed by atoms with van der Waals surface area (Å²) in [5.41, 5.74) is 2.99. The number of hydrogen-bond donors (Lipinski definition) is 2. The van der Waals surface area contributed by atoms with Gasteiger partial charge in [0, 0.05) is 17.7 Å². The van der Waals surface area contributed by atoms with Crippen molar-refractivity contribution in [3.8, 4) is 11.3 Å². The first-order chi connectivity index (χ1) is 12.4. The molecule has 0 unspecified atom stereocenters. The molecule has 2 aromatic rings. The van der Waals surface area contributed by atoms with Crippen molar-refractivity contribution in [3.05, 3.63) is 47.7 Å². The van der Waals surface area contributed by atoms with Crippen LogP contribution in [0.5, 0.6) is 0 Å². The molecule has 0 atom stereocenters. The standard InChI is InChI=1S/C21H28N2O2S/c1-16-18(19(23-25-16)17-12-8-7-9-13-17)14-10-5-4-6-11-15-22-20(24)21(2,3)26/h7-10,12-14,26H,4-6,11,15H2,1-3H3,(H,22,24). The van der Waals surface area contributed by atoms with Gasteiger partial charge in [0.15, 0.2) is 0 Å². The zero-order valence-electron chi connectivity index (χ0n) is 15.8. The molecule has 26 heavy (non-hydrogen) atoms. The summed E-state index contributed by atoms with van der Waals surface area (Å²) in [7, 11) is 0. The van der Waals surface area contributed by atoms with E-state index in [9.17, 15) is 4.79 Å². The van der Waals surface area contributed by atoms with E-state index in [-0.39, 0.29) is 5.91 Å². The average molecular weight is 373 g/mol. The molecule has 0 aliphatic rings. The molecule has 0 fully saturated rings. The van der Waals surface area contributed by atoms with Gasteiger partial charge in [-0.25, -0.2) is 0 Å². The fourth-order valence-corrected chi connectivity index (χ4v) is 2.64. The minimum Gasteiger partial charge on any atom is -0.360 e. The van der Waals surface area contributed by atoms with Crippen LogP contribution in [0.3, 0.4) is 0 Å².